The number of rotatable bonds is 4. The van der Waals surface area contributed by atoms with Crippen LogP contribution >= 0.6 is 0 Å². The molecular weight excluding hydrogens is 340 g/mol. The van der Waals surface area contributed by atoms with E-state index >= 15 is 0 Å². The Hall–Kier alpha value is -2.87. The van der Waals surface area contributed by atoms with E-state index < -0.39 is 0 Å². The van der Waals surface area contributed by atoms with Crippen LogP contribution in [0.4, 0.5) is 5.82 Å². The smallest absolute Gasteiger partial charge is 0.159 e. The molecule has 27 heavy (non-hydrogen) atoms. The summed E-state index contributed by atoms with van der Waals surface area (Å²) in [5, 5.41) is 4.55. The fourth-order valence-corrected chi connectivity index (χ4v) is 3.44. The van der Waals surface area contributed by atoms with Gasteiger partial charge >= 0.3 is 0 Å². The first-order valence-electron chi connectivity index (χ1n) is 9.20. The van der Waals surface area contributed by atoms with Gasteiger partial charge in [-0.05, 0) is 26.8 Å². The summed E-state index contributed by atoms with van der Waals surface area (Å²) in [5.74, 6) is 2.55. The summed E-state index contributed by atoms with van der Waals surface area (Å²) in [5.41, 5.74) is 3.07. The van der Waals surface area contributed by atoms with Crippen molar-refractivity contribution in [2.45, 2.75) is 27.3 Å². The fraction of sp³-hybridized carbons (Fsp3) is 0.421. The quantitative estimate of drug-likeness (QED) is 0.697. The minimum atomic E-state index is 0.761. The number of hydrogen-bond acceptors (Lipinski definition) is 7. The largest absolute Gasteiger partial charge is 0.354 e. The molecule has 8 nitrogen and oxygen atoms in total. The van der Waals surface area contributed by atoms with Crippen LogP contribution in [-0.2, 0) is 6.54 Å². The third-order valence-corrected chi connectivity index (χ3v) is 4.74. The Bertz CT molecular complexity index is 913. The monoisotopic (exact) mass is 364 g/mol. The van der Waals surface area contributed by atoms with E-state index in [0.717, 1.165) is 67.3 Å². The minimum Gasteiger partial charge on any atom is -0.354 e. The van der Waals surface area contributed by atoms with Crippen molar-refractivity contribution >= 4 is 5.82 Å². The van der Waals surface area contributed by atoms with Crippen LogP contribution in [0.2, 0.25) is 0 Å². The Balaban J connectivity index is 1.47. The van der Waals surface area contributed by atoms with Crippen LogP contribution in [0.25, 0.3) is 5.82 Å². The van der Waals surface area contributed by atoms with Gasteiger partial charge in [-0.3, -0.25) is 14.9 Å². The van der Waals surface area contributed by atoms with E-state index in [1.165, 1.54) is 0 Å². The third-order valence-electron chi connectivity index (χ3n) is 4.74. The molecule has 0 saturated carbocycles. The van der Waals surface area contributed by atoms with Gasteiger partial charge in [0.25, 0.3) is 0 Å². The average Bonchev–Trinajstić information content (AvgIpc) is 3.01. The van der Waals surface area contributed by atoms with Gasteiger partial charge in [0.2, 0.25) is 0 Å². The van der Waals surface area contributed by atoms with E-state index in [4.69, 9.17) is 0 Å². The van der Waals surface area contributed by atoms with Gasteiger partial charge in [0.05, 0.1) is 11.4 Å². The van der Waals surface area contributed by atoms with Crippen LogP contribution in [0.5, 0.6) is 0 Å². The van der Waals surface area contributed by atoms with E-state index in [2.05, 4.69) is 40.9 Å². The van der Waals surface area contributed by atoms with Gasteiger partial charge in [-0.25, -0.2) is 14.6 Å². The number of anilines is 1. The zero-order chi connectivity index (χ0) is 18.8. The lowest BCUT2D eigenvalue weighted by atomic mass is 10.3. The summed E-state index contributed by atoms with van der Waals surface area (Å²) in [4.78, 5) is 22.5. The highest BCUT2D eigenvalue weighted by molar-refractivity contribution is 5.45. The number of aryl methyl sites for hydroxylation is 3. The lowest BCUT2D eigenvalue weighted by Gasteiger charge is -2.35. The van der Waals surface area contributed by atoms with E-state index in [0.29, 0.717) is 0 Å². The standard InChI is InChI=1S/C19H24N8/c1-14-10-15(2)27(24-14)19-11-18(22-16(3)23-19)26-8-6-25(7-9-26)13-17-12-20-4-5-21-17/h4-5,10-12H,6-9,13H2,1-3H3. The lowest BCUT2D eigenvalue weighted by Crippen LogP contribution is -2.46. The molecule has 0 N–H and O–H groups in total. The van der Waals surface area contributed by atoms with Crippen LogP contribution in [0.3, 0.4) is 0 Å². The summed E-state index contributed by atoms with van der Waals surface area (Å²) in [6.07, 6.45) is 5.29. The average molecular weight is 364 g/mol. The second-order valence-corrected chi connectivity index (χ2v) is 6.93. The predicted molar refractivity (Wildman–Crippen MR) is 103 cm³/mol. The number of hydrogen-bond donors (Lipinski definition) is 0. The van der Waals surface area contributed by atoms with Crippen molar-refractivity contribution in [3.05, 3.63) is 53.6 Å². The Morgan fingerprint density at radius 1 is 0.926 bits per heavy atom. The fourth-order valence-electron chi connectivity index (χ4n) is 3.44. The van der Waals surface area contributed by atoms with Crippen molar-refractivity contribution in [2.24, 2.45) is 0 Å². The van der Waals surface area contributed by atoms with Crippen LogP contribution in [0.1, 0.15) is 22.9 Å². The first-order valence-corrected chi connectivity index (χ1v) is 9.20. The molecule has 1 saturated heterocycles. The molecule has 0 radical (unpaired) electrons. The maximum atomic E-state index is 4.66. The third kappa shape index (κ3) is 3.95. The molecule has 0 bridgehead atoms. The molecule has 140 valence electrons. The molecule has 1 aliphatic rings. The highest BCUT2D eigenvalue weighted by atomic mass is 15.3. The molecule has 4 heterocycles. The second-order valence-electron chi connectivity index (χ2n) is 6.93. The summed E-state index contributed by atoms with van der Waals surface area (Å²) < 4.78 is 1.89. The van der Waals surface area contributed by atoms with Crippen molar-refractivity contribution in [3.8, 4) is 5.82 Å². The van der Waals surface area contributed by atoms with Crippen LogP contribution in [-0.4, -0.2) is 60.8 Å². The molecule has 0 amide bonds. The van der Waals surface area contributed by atoms with Gasteiger partial charge < -0.3 is 4.90 Å². The summed E-state index contributed by atoms with van der Waals surface area (Å²) in [6, 6.07) is 4.09. The van der Waals surface area contributed by atoms with Gasteiger partial charge in [0.1, 0.15) is 11.6 Å². The molecular formula is C19H24N8. The van der Waals surface area contributed by atoms with Gasteiger partial charge in [0.15, 0.2) is 5.82 Å². The lowest BCUT2D eigenvalue weighted by molar-refractivity contribution is 0.246. The SMILES string of the molecule is Cc1cc(C)n(-c2cc(N3CCN(Cc4cnccn4)CC3)nc(C)n2)n1. The van der Waals surface area contributed by atoms with Crippen LogP contribution < -0.4 is 4.90 Å². The number of aromatic nitrogens is 6. The van der Waals surface area contributed by atoms with Gasteiger partial charge in [-0.15, -0.1) is 0 Å². The predicted octanol–water partition coefficient (Wildman–Crippen LogP) is 1.70. The maximum absolute atomic E-state index is 4.66. The van der Waals surface area contributed by atoms with E-state index in [9.17, 15) is 0 Å². The van der Waals surface area contributed by atoms with Crippen molar-refractivity contribution in [1.29, 1.82) is 0 Å². The minimum absolute atomic E-state index is 0.761. The zero-order valence-corrected chi connectivity index (χ0v) is 16.0. The Kier molecular flexibility index (Phi) is 4.81. The molecule has 0 atom stereocenters. The summed E-state index contributed by atoms with van der Waals surface area (Å²) in [6.45, 7) is 10.6. The molecule has 0 spiro atoms. The first-order chi connectivity index (χ1) is 13.1. The topological polar surface area (TPSA) is 75.9 Å². The molecule has 1 fully saturated rings. The molecule has 8 heteroatoms. The normalized spacial score (nSPS) is 15.3. The van der Waals surface area contributed by atoms with E-state index in [1.54, 1.807) is 12.4 Å². The van der Waals surface area contributed by atoms with Crippen molar-refractivity contribution < 1.29 is 0 Å². The van der Waals surface area contributed by atoms with Crippen molar-refractivity contribution in [1.82, 2.24) is 34.6 Å². The molecule has 4 rings (SSSR count). The summed E-state index contributed by atoms with van der Waals surface area (Å²) in [7, 11) is 0. The Morgan fingerprint density at radius 2 is 1.70 bits per heavy atom. The van der Waals surface area contributed by atoms with Gasteiger partial charge in [-0.1, -0.05) is 0 Å². The summed E-state index contributed by atoms with van der Waals surface area (Å²) >= 11 is 0. The zero-order valence-electron chi connectivity index (χ0n) is 16.0. The van der Waals surface area contributed by atoms with E-state index in [-0.39, 0.29) is 0 Å². The highest BCUT2D eigenvalue weighted by Gasteiger charge is 2.20. The Labute approximate surface area is 158 Å². The molecule has 0 unspecified atom stereocenters. The number of nitrogens with zero attached hydrogens (tertiary/aromatic N) is 8. The maximum Gasteiger partial charge on any atom is 0.159 e. The molecule has 0 aromatic carbocycles. The van der Waals surface area contributed by atoms with Crippen LogP contribution in [0, 0.1) is 20.8 Å². The van der Waals surface area contributed by atoms with Gasteiger partial charge in [0, 0.05) is 63.1 Å². The van der Waals surface area contributed by atoms with Crippen molar-refractivity contribution in [3.63, 3.8) is 0 Å². The second kappa shape index (κ2) is 7.40. The van der Waals surface area contributed by atoms with E-state index in [1.807, 2.05) is 37.7 Å². The first kappa shape index (κ1) is 17.5. The van der Waals surface area contributed by atoms with Gasteiger partial charge in [-0.2, -0.15) is 5.10 Å². The van der Waals surface area contributed by atoms with Crippen molar-refractivity contribution in [2.75, 3.05) is 31.1 Å². The highest BCUT2D eigenvalue weighted by Crippen LogP contribution is 2.19. The molecule has 1 aliphatic heterocycles. The molecule has 3 aromatic heterocycles. The Morgan fingerprint density at radius 3 is 2.37 bits per heavy atom. The molecule has 0 aliphatic carbocycles. The molecule has 3 aromatic rings. The van der Waals surface area contributed by atoms with Crippen LogP contribution in [0.15, 0.2) is 30.7 Å². The number of piperazine rings is 1.